The molecule has 2 atom stereocenters. The molecule has 1 heterocycles. The fourth-order valence-corrected chi connectivity index (χ4v) is 2.34. The van der Waals surface area contributed by atoms with E-state index in [-0.39, 0.29) is 12.1 Å². The molecule has 3 N–H and O–H groups in total. The van der Waals surface area contributed by atoms with Crippen molar-refractivity contribution < 1.29 is 4.74 Å². The summed E-state index contributed by atoms with van der Waals surface area (Å²) in [6.45, 7) is 1.04. The fraction of sp³-hybridized carbons (Fsp3) is 0.538. The van der Waals surface area contributed by atoms with Crippen LogP contribution in [0, 0.1) is 0 Å². The summed E-state index contributed by atoms with van der Waals surface area (Å²) in [5.41, 5.74) is 7.40. The van der Waals surface area contributed by atoms with E-state index in [9.17, 15) is 0 Å². The van der Waals surface area contributed by atoms with Crippen molar-refractivity contribution in [2.45, 2.75) is 31.3 Å². The number of nitrogens with one attached hydrogen (secondary N) is 1. The summed E-state index contributed by atoms with van der Waals surface area (Å²) in [6, 6.07) is 8.52. The molecule has 0 unspecified atom stereocenters. The molecule has 88 valence electrons. The minimum atomic E-state index is 0.179. The summed E-state index contributed by atoms with van der Waals surface area (Å²) in [7, 11) is 1.71. The highest BCUT2D eigenvalue weighted by molar-refractivity contribution is 5.36. The lowest BCUT2D eigenvalue weighted by Crippen LogP contribution is -2.36. The second-order valence-electron chi connectivity index (χ2n) is 4.33. The standard InChI is InChI=1S/C13H20N2O/c1-16-12-8-3-2-6-10(12)13-11(14)7-4-5-9-15-13/h2-3,6,8,11,13,15H,4-5,7,9,14H2,1H3/t11-,13+/m0/s1. The molecule has 1 aromatic carbocycles. The van der Waals surface area contributed by atoms with Crippen molar-refractivity contribution in [2.75, 3.05) is 13.7 Å². The molecule has 16 heavy (non-hydrogen) atoms. The molecule has 1 aliphatic rings. The first-order valence-corrected chi connectivity index (χ1v) is 5.95. The molecule has 0 bridgehead atoms. The van der Waals surface area contributed by atoms with Crippen molar-refractivity contribution in [1.82, 2.24) is 5.32 Å². The summed E-state index contributed by atoms with van der Waals surface area (Å²) in [6.07, 6.45) is 3.49. The summed E-state index contributed by atoms with van der Waals surface area (Å²) in [5.74, 6) is 0.928. The van der Waals surface area contributed by atoms with Crippen molar-refractivity contribution in [3.05, 3.63) is 29.8 Å². The van der Waals surface area contributed by atoms with Crippen LogP contribution in [-0.2, 0) is 0 Å². The molecule has 0 spiro atoms. The summed E-state index contributed by atoms with van der Waals surface area (Å²) < 4.78 is 5.39. The molecule has 0 saturated carbocycles. The molecule has 1 fully saturated rings. The second-order valence-corrected chi connectivity index (χ2v) is 4.33. The largest absolute Gasteiger partial charge is 0.496 e. The van der Waals surface area contributed by atoms with E-state index in [4.69, 9.17) is 10.5 Å². The molecule has 1 saturated heterocycles. The average Bonchev–Trinajstić information content (AvgIpc) is 2.54. The number of benzene rings is 1. The highest BCUT2D eigenvalue weighted by Crippen LogP contribution is 2.29. The van der Waals surface area contributed by atoms with E-state index in [0.29, 0.717) is 0 Å². The van der Waals surface area contributed by atoms with Crippen molar-refractivity contribution in [1.29, 1.82) is 0 Å². The van der Waals surface area contributed by atoms with Crippen molar-refractivity contribution in [3.63, 3.8) is 0 Å². The molecule has 0 amide bonds. The third-order valence-corrected chi connectivity index (χ3v) is 3.23. The van der Waals surface area contributed by atoms with Crippen molar-refractivity contribution in [2.24, 2.45) is 5.73 Å². The fourth-order valence-electron chi connectivity index (χ4n) is 2.34. The van der Waals surface area contributed by atoms with Gasteiger partial charge in [-0.1, -0.05) is 24.6 Å². The minimum Gasteiger partial charge on any atom is -0.496 e. The van der Waals surface area contributed by atoms with Crippen LogP contribution in [0.25, 0.3) is 0 Å². The van der Waals surface area contributed by atoms with Crippen LogP contribution in [-0.4, -0.2) is 19.7 Å². The first-order chi connectivity index (χ1) is 7.83. The normalized spacial score (nSPS) is 26.1. The Bertz CT molecular complexity index is 340. The van der Waals surface area contributed by atoms with E-state index in [1.54, 1.807) is 7.11 Å². The summed E-state index contributed by atoms with van der Waals surface area (Å²) in [5, 5.41) is 3.52. The van der Waals surface area contributed by atoms with E-state index in [0.717, 1.165) is 18.7 Å². The van der Waals surface area contributed by atoms with Gasteiger partial charge in [-0.25, -0.2) is 0 Å². The topological polar surface area (TPSA) is 47.3 Å². The molecular weight excluding hydrogens is 200 g/mol. The molecule has 3 nitrogen and oxygen atoms in total. The van der Waals surface area contributed by atoms with Gasteiger partial charge in [-0.3, -0.25) is 0 Å². The Morgan fingerprint density at radius 1 is 1.31 bits per heavy atom. The minimum absolute atomic E-state index is 0.179. The van der Waals surface area contributed by atoms with E-state index < -0.39 is 0 Å². The van der Waals surface area contributed by atoms with Gasteiger partial charge in [0.1, 0.15) is 5.75 Å². The second kappa shape index (κ2) is 5.32. The van der Waals surface area contributed by atoms with Gasteiger partial charge in [-0.05, 0) is 25.5 Å². The number of nitrogens with two attached hydrogens (primary N) is 1. The van der Waals surface area contributed by atoms with E-state index in [1.165, 1.54) is 18.4 Å². The van der Waals surface area contributed by atoms with E-state index >= 15 is 0 Å². The zero-order valence-electron chi connectivity index (χ0n) is 9.78. The molecule has 1 aliphatic heterocycles. The first kappa shape index (κ1) is 11.4. The quantitative estimate of drug-likeness (QED) is 0.799. The van der Waals surface area contributed by atoms with Crippen LogP contribution in [0.15, 0.2) is 24.3 Å². The van der Waals surface area contributed by atoms with Gasteiger partial charge in [0, 0.05) is 11.6 Å². The molecule has 0 aromatic heterocycles. The molecular formula is C13H20N2O. The zero-order chi connectivity index (χ0) is 11.4. The van der Waals surface area contributed by atoms with Gasteiger partial charge >= 0.3 is 0 Å². The monoisotopic (exact) mass is 220 g/mol. The lowest BCUT2D eigenvalue weighted by molar-refractivity contribution is 0.388. The van der Waals surface area contributed by atoms with Gasteiger partial charge in [0.2, 0.25) is 0 Å². The van der Waals surface area contributed by atoms with Crippen molar-refractivity contribution in [3.8, 4) is 5.75 Å². The summed E-state index contributed by atoms with van der Waals surface area (Å²) in [4.78, 5) is 0. The van der Waals surface area contributed by atoms with Crippen LogP contribution in [0.3, 0.4) is 0 Å². The van der Waals surface area contributed by atoms with Crippen LogP contribution in [0.4, 0.5) is 0 Å². The lowest BCUT2D eigenvalue weighted by Gasteiger charge is -2.24. The Kier molecular flexibility index (Phi) is 3.80. The highest BCUT2D eigenvalue weighted by atomic mass is 16.5. The van der Waals surface area contributed by atoms with E-state index in [1.807, 2.05) is 18.2 Å². The predicted molar refractivity (Wildman–Crippen MR) is 65.6 cm³/mol. The third kappa shape index (κ3) is 2.36. The SMILES string of the molecule is COc1ccccc1[C@H]1NCCCC[C@@H]1N. The van der Waals surface area contributed by atoms with Crippen molar-refractivity contribution >= 4 is 0 Å². The number of hydrogen-bond acceptors (Lipinski definition) is 3. The van der Waals surface area contributed by atoms with Crippen LogP contribution >= 0.6 is 0 Å². The Morgan fingerprint density at radius 2 is 2.12 bits per heavy atom. The van der Waals surface area contributed by atoms with Gasteiger partial charge in [0.05, 0.1) is 13.2 Å². The van der Waals surface area contributed by atoms with Crippen LogP contribution < -0.4 is 15.8 Å². The van der Waals surface area contributed by atoms with Gasteiger partial charge in [0.15, 0.2) is 0 Å². The Morgan fingerprint density at radius 3 is 2.94 bits per heavy atom. The first-order valence-electron chi connectivity index (χ1n) is 5.95. The third-order valence-electron chi connectivity index (χ3n) is 3.23. The molecule has 2 rings (SSSR count). The highest BCUT2D eigenvalue weighted by Gasteiger charge is 2.23. The maximum atomic E-state index is 6.22. The maximum Gasteiger partial charge on any atom is 0.123 e. The van der Waals surface area contributed by atoms with Crippen LogP contribution in [0.5, 0.6) is 5.75 Å². The summed E-state index contributed by atoms with van der Waals surface area (Å²) >= 11 is 0. The Balaban J connectivity index is 2.26. The Labute approximate surface area is 97.0 Å². The number of ether oxygens (including phenoxy) is 1. The van der Waals surface area contributed by atoms with Crippen LogP contribution in [0.1, 0.15) is 30.9 Å². The average molecular weight is 220 g/mol. The van der Waals surface area contributed by atoms with Crippen LogP contribution in [0.2, 0.25) is 0 Å². The number of methoxy groups -OCH3 is 1. The van der Waals surface area contributed by atoms with Gasteiger partial charge in [0.25, 0.3) is 0 Å². The lowest BCUT2D eigenvalue weighted by atomic mass is 9.97. The Hall–Kier alpha value is -1.06. The predicted octanol–water partition coefficient (Wildman–Crippen LogP) is 1.84. The smallest absolute Gasteiger partial charge is 0.123 e. The number of para-hydroxylation sites is 1. The number of hydrogen-bond donors (Lipinski definition) is 2. The number of rotatable bonds is 2. The van der Waals surface area contributed by atoms with Gasteiger partial charge in [-0.2, -0.15) is 0 Å². The maximum absolute atomic E-state index is 6.22. The molecule has 0 radical (unpaired) electrons. The molecule has 1 aromatic rings. The van der Waals surface area contributed by atoms with E-state index in [2.05, 4.69) is 11.4 Å². The zero-order valence-corrected chi connectivity index (χ0v) is 9.78. The molecule has 0 aliphatic carbocycles. The van der Waals surface area contributed by atoms with Gasteiger partial charge in [-0.15, -0.1) is 0 Å². The molecule has 3 heteroatoms. The van der Waals surface area contributed by atoms with Gasteiger partial charge < -0.3 is 15.8 Å².